The molecule has 0 bridgehead atoms. The number of fused-ring (bicyclic) bond motifs is 1. The molecule has 0 spiro atoms. The van der Waals surface area contributed by atoms with Crippen LogP contribution in [0.3, 0.4) is 0 Å². The molecule has 2 N–H and O–H groups in total. The van der Waals surface area contributed by atoms with Gasteiger partial charge in [0.25, 0.3) is 0 Å². The number of nitrogens with zero attached hydrogens (tertiary/aromatic N) is 1. The first-order valence-corrected chi connectivity index (χ1v) is 5.98. The molecular weight excluding hydrogens is 208 g/mol. The maximum absolute atomic E-state index is 6.21. The van der Waals surface area contributed by atoms with Gasteiger partial charge in [-0.05, 0) is 24.3 Å². The minimum absolute atomic E-state index is 0.0615. The van der Waals surface area contributed by atoms with Crippen molar-refractivity contribution in [3.63, 3.8) is 0 Å². The first-order valence-electron chi connectivity index (χ1n) is 5.98. The molecule has 1 aromatic carbocycles. The molecule has 0 aliphatic rings. The Kier molecular flexibility index (Phi) is 3.55. The Labute approximate surface area is 102 Å². The summed E-state index contributed by atoms with van der Waals surface area (Å²) in [5, 5.41) is 2.33. The van der Waals surface area contributed by atoms with Crippen molar-refractivity contribution in [3.05, 3.63) is 54.4 Å². The first-order chi connectivity index (χ1) is 8.22. The Morgan fingerprint density at radius 2 is 2.12 bits per heavy atom. The number of aromatic nitrogens is 1. The van der Waals surface area contributed by atoms with Crippen LogP contribution in [0.15, 0.2) is 48.7 Å². The number of benzene rings is 1. The van der Waals surface area contributed by atoms with Crippen molar-refractivity contribution in [2.24, 2.45) is 5.73 Å². The highest BCUT2D eigenvalue weighted by Crippen LogP contribution is 2.24. The van der Waals surface area contributed by atoms with Gasteiger partial charge in [0.1, 0.15) is 0 Å². The Bertz CT molecular complexity index is 526. The van der Waals surface area contributed by atoms with Gasteiger partial charge in [0.2, 0.25) is 0 Å². The third-order valence-corrected chi connectivity index (χ3v) is 3.06. The summed E-state index contributed by atoms with van der Waals surface area (Å²) in [5.74, 6) is 0. The highest BCUT2D eigenvalue weighted by atomic mass is 14.8. The summed E-state index contributed by atoms with van der Waals surface area (Å²) in [6.07, 6.45) is 3.60. The third kappa shape index (κ3) is 2.53. The number of rotatable bonds is 4. The SMILES string of the molecule is C=C(CC)CC(N)c1nccc2ccccc12. The van der Waals surface area contributed by atoms with Crippen molar-refractivity contribution in [2.45, 2.75) is 25.8 Å². The van der Waals surface area contributed by atoms with Crippen molar-refractivity contribution < 1.29 is 0 Å². The molecular formula is C15H18N2. The lowest BCUT2D eigenvalue weighted by Crippen LogP contribution is -2.13. The van der Waals surface area contributed by atoms with E-state index in [1.54, 1.807) is 0 Å². The van der Waals surface area contributed by atoms with Crippen LogP contribution in [-0.2, 0) is 0 Å². The summed E-state index contributed by atoms with van der Waals surface area (Å²) < 4.78 is 0. The van der Waals surface area contributed by atoms with E-state index < -0.39 is 0 Å². The van der Waals surface area contributed by atoms with Gasteiger partial charge in [-0.15, -0.1) is 0 Å². The first kappa shape index (κ1) is 11.8. The summed E-state index contributed by atoms with van der Waals surface area (Å²) in [5.41, 5.74) is 8.36. The average Bonchev–Trinajstić information content (AvgIpc) is 2.37. The predicted octanol–water partition coefficient (Wildman–Crippen LogP) is 3.59. The standard InChI is InChI=1S/C15H18N2/c1-3-11(2)10-14(16)15-13-7-5-4-6-12(13)8-9-17-15/h4-9,14H,2-3,10,16H2,1H3. The third-order valence-electron chi connectivity index (χ3n) is 3.06. The van der Waals surface area contributed by atoms with Gasteiger partial charge in [0.05, 0.1) is 11.7 Å². The molecule has 0 saturated carbocycles. The Hall–Kier alpha value is -1.67. The fourth-order valence-electron chi connectivity index (χ4n) is 1.99. The molecule has 88 valence electrons. The smallest absolute Gasteiger partial charge is 0.0652 e. The zero-order valence-corrected chi connectivity index (χ0v) is 10.2. The monoisotopic (exact) mass is 226 g/mol. The molecule has 0 saturated heterocycles. The molecule has 0 amide bonds. The largest absolute Gasteiger partial charge is 0.322 e. The van der Waals surface area contributed by atoms with E-state index in [2.05, 4.69) is 30.6 Å². The van der Waals surface area contributed by atoms with E-state index in [0.29, 0.717) is 0 Å². The minimum Gasteiger partial charge on any atom is -0.322 e. The van der Waals surface area contributed by atoms with Gasteiger partial charge in [0, 0.05) is 11.6 Å². The number of nitrogens with two attached hydrogens (primary N) is 1. The van der Waals surface area contributed by atoms with Crippen LogP contribution in [-0.4, -0.2) is 4.98 Å². The van der Waals surface area contributed by atoms with Gasteiger partial charge < -0.3 is 5.73 Å². The summed E-state index contributed by atoms with van der Waals surface area (Å²) in [7, 11) is 0. The number of hydrogen-bond acceptors (Lipinski definition) is 2. The molecule has 2 aromatic rings. The second kappa shape index (κ2) is 5.11. The van der Waals surface area contributed by atoms with Crippen molar-refractivity contribution >= 4 is 10.8 Å². The molecule has 1 atom stereocenters. The molecule has 2 heteroatoms. The maximum Gasteiger partial charge on any atom is 0.0652 e. The van der Waals surface area contributed by atoms with Crippen LogP contribution in [0.5, 0.6) is 0 Å². The lowest BCUT2D eigenvalue weighted by atomic mass is 9.99. The molecule has 2 rings (SSSR count). The summed E-state index contributed by atoms with van der Waals surface area (Å²) in [6.45, 7) is 6.11. The van der Waals surface area contributed by atoms with Crippen LogP contribution < -0.4 is 5.73 Å². The van der Waals surface area contributed by atoms with Crippen molar-refractivity contribution in [1.29, 1.82) is 0 Å². The van der Waals surface area contributed by atoms with Crippen LogP contribution in [0.2, 0.25) is 0 Å². The fourth-order valence-corrected chi connectivity index (χ4v) is 1.99. The van der Waals surface area contributed by atoms with Gasteiger partial charge in [-0.1, -0.05) is 43.3 Å². The summed E-state index contributed by atoms with van der Waals surface area (Å²) in [6, 6.07) is 10.2. The molecule has 0 fully saturated rings. The summed E-state index contributed by atoms with van der Waals surface area (Å²) in [4.78, 5) is 4.43. The van der Waals surface area contributed by atoms with Crippen LogP contribution in [0.25, 0.3) is 10.8 Å². The van der Waals surface area contributed by atoms with Crippen molar-refractivity contribution in [3.8, 4) is 0 Å². The maximum atomic E-state index is 6.21. The van der Waals surface area contributed by atoms with Gasteiger partial charge >= 0.3 is 0 Å². The van der Waals surface area contributed by atoms with Crippen molar-refractivity contribution in [2.75, 3.05) is 0 Å². The fraction of sp³-hybridized carbons (Fsp3) is 0.267. The Balaban J connectivity index is 2.38. The lowest BCUT2D eigenvalue weighted by molar-refractivity contribution is 0.686. The van der Waals surface area contributed by atoms with Gasteiger partial charge in [0.15, 0.2) is 0 Å². The second-order valence-corrected chi connectivity index (χ2v) is 4.33. The summed E-state index contributed by atoms with van der Waals surface area (Å²) >= 11 is 0. The van der Waals surface area contributed by atoms with E-state index in [-0.39, 0.29) is 6.04 Å². The zero-order chi connectivity index (χ0) is 12.3. The molecule has 17 heavy (non-hydrogen) atoms. The van der Waals surface area contributed by atoms with Crippen molar-refractivity contribution in [1.82, 2.24) is 4.98 Å². The van der Waals surface area contributed by atoms with E-state index in [4.69, 9.17) is 5.73 Å². The Morgan fingerprint density at radius 1 is 1.35 bits per heavy atom. The normalized spacial score (nSPS) is 12.6. The Morgan fingerprint density at radius 3 is 2.88 bits per heavy atom. The highest BCUT2D eigenvalue weighted by Gasteiger charge is 2.11. The molecule has 0 aliphatic carbocycles. The second-order valence-electron chi connectivity index (χ2n) is 4.33. The number of pyridine rings is 1. The topological polar surface area (TPSA) is 38.9 Å². The lowest BCUT2D eigenvalue weighted by Gasteiger charge is -2.14. The molecule has 1 aromatic heterocycles. The van der Waals surface area contributed by atoms with Gasteiger partial charge in [-0.25, -0.2) is 0 Å². The minimum atomic E-state index is -0.0615. The van der Waals surface area contributed by atoms with Gasteiger partial charge in [-0.2, -0.15) is 0 Å². The van der Waals surface area contributed by atoms with Crippen LogP contribution >= 0.6 is 0 Å². The van der Waals surface area contributed by atoms with E-state index in [1.807, 2.05) is 24.4 Å². The predicted molar refractivity (Wildman–Crippen MR) is 72.7 cm³/mol. The van der Waals surface area contributed by atoms with Gasteiger partial charge in [-0.3, -0.25) is 4.98 Å². The van der Waals surface area contributed by atoms with Crippen LogP contribution in [0, 0.1) is 0 Å². The van der Waals surface area contributed by atoms with E-state index >= 15 is 0 Å². The molecule has 0 radical (unpaired) electrons. The quantitative estimate of drug-likeness (QED) is 0.809. The molecule has 0 aliphatic heterocycles. The molecule has 2 nitrogen and oxygen atoms in total. The van der Waals surface area contributed by atoms with E-state index in [0.717, 1.165) is 23.9 Å². The average molecular weight is 226 g/mol. The van der Waals surface area contributed by atoms with Crippen LogP contribution in [0.1, 0.15) is 31.5 Å². The van der Waals surface area contributed by atoms with E-state index in [9.17, 15) is 0 Å². The molecule has 1 unspecified atom stereocenters. The highest BCUT2D eigenvalue weighted by molar-refractivity contribution is 5.84. The zero-order valence-electron chi connectivity index (χ0n) is 10.2. The van der Waals surface area contributed by atoms with Crippen LogP contribution in [0.4, 0.5) is 0 Å². The molecule has 1 heterocycles. The number of hydrogen-bond donors (Lipinski definition) is 1. The van der Waals surface area contributed by atoms with E-state index in [1.165, 1.54) is 11.0 Å².